The van der Waals surface area contributed by atoms with Crippen LogP contribution in [-0.2, 0) is 23.8 Å². The third-order valence-electron chi connectivity index (χ3n) is 6.34. The number of carbonyl (C=O) groups excluding carboxylic acids is 4. The first-order valence-corrected chi connectivity index (χ1v) is 13.6. The number of amides is 2. The normalized spacial score (nSPS) is 19.5. The fourth-order valence-electron chi connectivity index (χ4n) is 4.41. The van der Waals surface area contributed by atoms with E-state index in [2.05, 4.69) is 10.3 Å². The highest BCUT2D eigenvalue weighted by Gasteiger charge is 2.33. The molecule has 0 bridgehead atoms. The molecule has 1 aliphatic rings. The van der Waals surface area contributed by atoms with Crippen LogP contribution in [0.1, 0.15) is 95.2 Å². The summed E-state index contributed by atoms with van der Waals surface area (Å²) < 4.78 is 15.9. The summed E-state index contributed by atoms with van der Waals surface area (Å²) >= 11 is 1.24. The molecule has 0 unspecified atom stereocenters. The Morgan fingerprint density at radius 3 is 2.30 bits per heavy atom. The van der Waals surface area contributed by atoms with Crippen LogP contribution in [0, 0.1) is 11.8 Å². The minimum atomic E-state index is -0.725. The monoisotopic (exact) mass is 539 g/mol. The van der Waals surface area contributed by atoms with Gasteiger partial charge in [-0.25, -0.2) is 9.78 Å². The molecule has 2 amide bonds. The zero-order chi connectivity index (χ0) is 27.9. The van der Waals surface area contributed by atoms with Crippen molar-refractivity contribution in [3.8, 4) is 0 Å². The van der Waals surface area contributed by atoms with Crippen molar-refractivity contribution in [1.29, 1.82) is 0 Å². The Hall–Kier alpha value is -2.69. The Bertz CT molecular complexity index is 948. The molecule has 0 spiro atoms. The predicted molar refractivity (Wildman–Crippen MR) is 139 cm³/mol. The van der Waals surface area contributed by atoms with Crippen LogP contribution in [0.15, 0.2) is 5.38 Å². The number of hydrogen-bond acceptors (Lipinski definition) is 9. The number of hydrogen-bond donors (Lipinski definition) is 1. The van der Waals surface area contributed by atoms with Crippen LogP contribution in [0.25, 0.3) is 0 Å². The van der Waals surface area contributed by atoms with Crippen LogP contribution in [-0.4, -0.2) is 65.7 Å². The van der Waals surface area contributed by atoms with Gasteiger partial charge in [0.05, 0.1) is 13.0 Å². The van der Waals surface area contributed by atoms with Crippen LogP contribution >= 0.6 is 11.3 Å². The maximum absolute atomic E-state index is 12.9. The quantitative estimate of drug-likeness (QED) is 0.360. The van der Waals surface area contributed by atoms with E-state index < -0.39 is 23.8 Å². The number of carbonyl (C=O) groups is 4. The third-order valence-corrected chi connectivity index (χ3v) is 7.28. The first-order valence-electron chi connectivity index (χ1n) is 12.7. The fraction of sp³-hybridized carbons (Fsp3) is 0.731. The number of thiazole rings is 1. The van der Waals surface area contributed by atoms with Crippen molar-refractivity contribution in [2.45, 2.75) is 97.4 Å². The second kappa shape index (κ2) is 13.2. The maximum atomic E-state index is 12.9. The van der Waals surface area contributed by atoms with Crippen LogP contribution in [0.5, 0.6) is 0 Å². The number of nitrogens with zero attached hydrogens (tertiary/aromatic N) is 2. The van der Waals surface area contributed by atoms with E-state index in [1.807, 2.05) is 13.8 Å². The van der Waals surface area contributed by atoms with Crippen LogP contribution in [0.2, 0.25) is 0 Å². The van der Waals surface area contributed by atoms with E-state index in [0.29, 0.717) is 37.1 Å². The number of aromatic nitrogens is 1. The predicted octanol–water partition coefficient (Wildman–Crippen LogP) is 4.49. The van der Waals surface area contributed by atoms with Crippen molar-refractivity contribution in [2.75, 3.05) is 14.2 Å². The van der Waals surface area contributed by atoms with Gasteiger partial charge in [-0.3, -0.25) is 14.4 Å². The van der Waals surface area contributed by atoms with Crippen LogP contribution in [0.4, 0.5) is 4.79 Å². The molecule has 11 heteroatoms. The van der Waals surface area contributed by atoms with E-state index >= 15 is 0 Å². The van der Waals surface area contributed by atoms with Crippen molar-refractivity contribution >= 4 is 35.3 Å². The second-order valence-corrected chi connectivity index (χ2v) is 11.7. The van der Waals surface area contributed by atoms with Gasteiger partial charge in [0.2, 0.25) is 0 Å². The average molecular weight is 540 g/mol. The lowest BCUT2D eigenvalue weighted by Crippen LogP contribution is -2.44. The molecule has 1 heterocycles. The summed E-state index contributed by atoms with van der Waals surface area (Å²) in [5.74, 6) is -1.07. The standard InChI is InChI=1S/C26H41N3O7S/c1-15(2)20(29(7)25(33)36-26(4,5)6)13-21(35-16(3)30)23-28-19(14-37-23)22(31)27-18-11-9-17(10-12-18)24(32)34-8/h14-15,17-18,20-21H,9-13H2,1-8H3,(H,27,31)/t17-,18-,20-,21+/m0/s1. The molecule has 1 aromatic rings. The molecule has 1 aliphatic carbocycles. The van der Waals surface area contributed by atoms with Crippen molar-refractivity contribution in [1.82, 2.24) is 15.2 Å². The Balaban J connectivity index is 2.11. The summed E-state index contributed by atoms with van der Waals surface area (Å²) in [7, 11) is 3.05. The van der Waals surface area contributed by atoms with Gasteiger partial charge in [-0.2, -0.15) is 0 Å². The minimum Gasteiger partial charge on any atom is -0.469 e. The third kappa shape index (κ3) is 9.28. The highest BCUT2D eigenvalue weighted by atomic mass is 32.1. The SMILES string of the molecule is COC(=O)[C@H]1CC[C@H](NC(=O)c2csc([C@@H](C[C@@H](C(C)C)N(C)C(=O)OC(C)(C)C)OC(C)=O)n2)CC1. The topological polar surface area (TPSA) is 124 Å². The molecule has 0 saturated heterocycles. The van der Waals surface area contributed by atoms with Gasteiger partial charge < -0.3 is 24.4 Å². The minimum absolute atomic E-state index is 0.0402. The molecule has 2 atom stereocenters. The summed E-state index contributed by atoms with van der Waals surface area (Å²) in [6, 6.07) is -0.346. The van der Waals surface area contributed by atoms with Crippen LogP contribution < -0.4 is 5.32 Å². The van der Waals surface area contributed by atoms with E-state index in [4.69, 9.17) is 14.2 Å². The molecule has 0 aliphatic heterocycles. The van der Waals surface area contributed by atoms with Gasteiger partial charge in [0.1, 0.15) is 16.3 Å². The molecule has 0 aromatic carbocycles. The molecule has 1 saturated carbocycles. The lowest BCUT2D eigenvalue weighted by molar-refractivity contribution is -0.148. The Morgan fingerprint density at radius 1 is 1.16 bits per heavy atom. The summed E-state index contributed by atoms with van der Waals surface area (Å²) in [5, 5.41) is 5.12. The first kappa shape index (κ1) is 30.5. The molecule has 1 N–H and O–H groups in total. The molecule has 0 radical (unpaired) electrons. The van der Waals surface area contributed by atoms with E-state index in [1.165, 1.54) is 30.3 Å². The average Bonchev–Trinajstić information content (AvgIpc) is 3.30. The molecule has 1 aromatic heterocycles. The van der Waals surface area contributed by atoms with E-state index in [0.717, 1.165) is 0 Å². The highest BCUT2D eigenvalue weighted by Crippen LogP contribution is 2.31. The molecule has 10 nitrogen and oxygen atoms in total. The van der Waals surface area contributed by atoms with E-state index in [-0.39, 0.29) is 41.5 Å². The zero-order valence-electron chi connectivity index (χ0n) is 23.2. The largest absolute Gasteiger partial charge is 0.469 e. The molecule has 208 valence electrons. The van der Waals surface area contributed by atoms with Gasteiger partial charge in [-0.15, -0.1) is 11.3 Å². The smallest absolute Gasteiger partial charge is 0.410 e. The van der Waals surface area contributed by atoms with Crippen molar-refractivity contribution in [2.24, 2.45) is 11.8 Å². The summed E-state index contributed by atoms with van der Waals surface area (Å²) in [6.45, 7) is 10.7. The van der Waals surface area contributed by atoms with Gasteiger partial charge in [-0.05, 0) is 52.4 Å². The molecular formula is C26H41N3O7S. The lowest BCUT2D eigenvalue weighted by atomic mass is 9.86. The molecule has 37 heavy (non-hydrogen) atoms. The van der Waals surface area contributed by atoms with Gasteiger partial charge >= 0.3 is 18.0 Å². The van der Waals surface area contributed by atoms with Crippen molar-refractivity contribution < 1.29 is 33.4 Å². The number of ether oxygens (including phenoxy) is 3. The van der Waals surface area contributed by atoms with Gasteiger partial charge in [0.15, 0.2) is 6.10 Å². The molecule has 2 rings (SSSR count). The fourth-order valence-corrected chi connectivity index (χ4v) is 5.24. The lowest BCUT2D eigenvalue weighted by Gasteiger charge is -2.34. The second-order valence-electron chi connectivity index (χ2n) is 10.9. The van der Waals surface area contributed by atoms with E-state index in [1.54, 1.807) is 33.2 Å². The maximum Gasteiger partial charge on any atom is 0.410 e. The van der Waals surface area contributed by atoms with Gasteiger partial charge in [-0.1, -0.05) is 13.8 Å². The Morgan fingerprint density at radius 2 is 1.78 bits per heavy atom. The summed E-state index contributed by atoms with van der Waals surface area (Å²) in [4.78, 5) is 55.2. The summed E-state index contributed by atoms with van der Waals surface area (Å²) in [6.07, 6.45) is 1.81. The van der Waals surface area contributed by atoms with Gasteiger partial charge in [0, 0.05) is 37.9 Å². The Labute approximate surface area is 223 Å². The molecular weight excluding hydrogens is 498 g/mol. The van der Waals surface area contributed by atoms with Crippen molar-refractivity contribution in [3.63, 3.8) is 0 Å². The molecule has 1 fully saturated rings. The highest BCUT2D eigenvalue weighted by molar-refractivity contribution is 7.09. The zero-order valence-corrected chi connectivity index (χ0v) is 24.0. The summed E-state index contributed by atoms with van der Waals surface area (Å²) in [5.41, 5.74) is -0.396. The van der Waals surface area contributed by atoms with E-state index in [9.17, 15) is 19.2 Å². The van der Waals surface area contributed by atoms with Gasteiger partial charge in [0.25, 0.3) is 5.91 Å². The number of esters is 2. The Kier molecular flexibility index (Phi) is 10.9. The van der Waals surface area contributed by atoms with Crippen molar-refractivity contribution in [3.05, 3.63) is 16.1 Å². The first-order chi connectivity index (χ1) is 17.2. The number of nitrogens with one attached hydrogen (secondary N) is 1. The van der Waals surface area contributed by atoms with Crippen LogP contribution in [0.3, 0.4) is 0 Å². The number of methoxy groups -OCH3 is 1. The number of rotatable bonds is 9.